The van der Waals surface area contributed by atoms with Crippen LogP contribution in [-0.2, 0) is 23.7 Å². The van der Waals surface area contributed by atoms with Crippen molar-refractivity contribution in [1.82, 2.24) is 5.32 Å². The van der Waals surface area contributed by atoms with Gasteiger partial charge in [-0.05, 0) is 51.4 Å². The molecule has 2 heterocycles. The average molecular weight is 1030 g/mol. The number of hydrogen-bond acceptors (Lipinski definition) is 13. The number of carbonyl (C=O) groups is 1. The van der Waals surface area contributed by atoms with E-state index in [0.717, 1.165) is 77.0 Å². The Morgan fingerprint density at radius 3 is 1.40 bits per heavy atom. The maximum atomic E-state index is 13.3. The first-order chi connectivity index (χ1) is 35.1. The lowest BCUT2D eigenvalue weighted by atomic mass is 9.97. The van der Waals surface area contributed by atoms with E-state index in [4.69, 9.17) is 18.9 Å². The highest BCUT2D eigenvalue weighted by atomic mass is 16.7. The van der Waals surface area contributed by atoms with Gasteiger partial charge in [0.05, 0.1) is 32.0 Å². The first kappa shape index (κ1) is 66.3. The lowest BCUT2D eigenvalue weighted by Gasteiger charge is -2.46. The van der Waals surface area contributed by atoms with E-state index in [1.807, 2.05) is 0 Å². The normalized spacial score (nSPS) is 25.8. The fourth-order valence-electron chi connectivity index (χ4n) is 9.60. The number of nitrogens with one attached hydrogen (secondary N) is 1. The minimum atomic E-state index is -1.78. The lowest BCUT2D eigenvalue weighted by molar-refractivity contribution is -0.359. The molecule has 0 aromatic heterocycles. The predicted molar refractivity (Wildman–Crippen MR) is 286 cm³/mol. The quantitative estimate of drug-likeness (QED) is 0.0205. The Morgan fingerprint density at radius 2 is 0.917 bits per heavy atom. The van der Waals surface area contributed by atoms with Crippen LogP contribution in [0.15, 0.2) is 36.5 Å². The summed E-state index contributed by atoms with van der Waals surface area (Å²) in [5.74, 6) is -0.218. The van der Waals surface area contributed by atoms with E-state index in [0.29, 0.717) is 12.8 Å². The van der Waals surface area contributed by atoms with Crippen LogP contribution in [0.2, 0.25) is 0 Å². The van der Waals surface area contributed by atoms with E-state index >= 15 is 0 Å². The van der Waals surface area contributed by atoms with Gasteiger partial charge < -0.3 is 65.1 Å². The molecule has 14 nitrogen and oxygen atoms in total. The number of amides is 1. The molecule has 12 unspecified atom stereocenters. The summed E-state index contributed by atoms with van der Waals surface area (Å²) in [4.78, 5) is 13.3. The highest BCUT2D eigenvalue weighted by Gasteiger charge is 2.51. The lowest BCUT2D eigenvalue weighted by Crippen LogP contribution is -2.65. The number of aliphatic hydroxyl groups is 8. The molecule has 14 heteroatoms. The first-order valence-corrected chi connectivity index (χ1v) is 29.2. The Balaban J connectivity index is 1.78. The molecule has 0 saturated carbocycles. The van der Waals surface area contributed by atoms with Gasteiger partial charge >= 0.3 is 0 Å². The summed E-state index contributed by atoms with van der Waals surface area (Å²) >= 11 is 0. The highest BCUT2D eigenvalue weighted by molar-refractivity contribution is 5.76. The monoisotopic (exact) mass is 1030 g/mol. The van der Waals surface area contributed by atoms with E-state index in [1.54, 1.807) is 0 Å². The van der Waals surface area contributed by atoms with Crippen molar-refractivity contribution in [3.63, 3.8) is 0 Å². The Labute approximate surface area is 436 Å². The van der Waals surface area contributed by atoms with Crippen molar-refractivity contribution >= 4 is 5.91 Å². The molecule has 422 valence electrons. The van der Waals surface area contributed by atoms with Crippen LogP contribution in [0.1, 0.15) is 232 Å². The molecular weight excluding hydrogens is 919 g/mol. The number of carbonyl (C=O) groups excluding carboxylic acids is 1. The van der Waals surface area contributed by atoms with Crippen molar-refractivity contribution in [3.05, 3.63) is 36.5 Å². The van der Waals surface area contributed by atoms with E-state index < -0.39 is 86.8 Å². The molecule has 2 fully saturated rings. The number of allylic oxidation sites excluding steroid dienone is 6. The summed E-state index contributed by atoms with van der Waals surface area (Å²) in [6.45, 7) is 2.85. The molecule has 0 aromatic rings. The minimum absolute atomic E-state index is 0.218. The maximum Gasteiger partial charge on any atom is 0.220 e. The summed E-state index contributed by atoms with van der Waals surface area (Å²) in [5, 5.41) is 87.2. The molecule has 2 aliphatic heterocycles. The maximum absolute atomic E-state index is 13.3. The van der Waals surface area contributed by atoms with Gasteiger partial charge in [-0.2, -0.15) is 0 Å². The third kappa shape index (κ3) is 30.1. The summed E-state index contributed by atoms with van der Waals surface area (Å²) < 4.78 is 22.8. The number of unbranched alkanes of at least 4 members (excludes halogenated alkanes) is 27. The second-order valence-electron chi connectivity index (χ2n) is 20.8. The first-order valence-electron chi connectivity index (χ1n) is 29.2. The zero-order valence-electron chi connectivity index (χ0n) is 45.2. The van der Waals surface area contributed by atoms with Gasteiger partial charge in [0.15, 0.2) is 12.6 Å². The van der Waals surface area contributed by atoms with E-state index in [2.05, 4.69) is 55.6 Å². The van der Waals surface area contributed by atoms with Gasteiger partial charge in [0.2, 0.25) is 5.91 Å². The molecule has 2 rings (SSSR count). The van der Waals surface area contributed by atoms with E-state index in [1.165, 1.54) is 122 Å². The van der Waals surface area contributed by atoms with Crippen molar-refractivity contribution in [3.8, 4) is 0 Å². The van der Waals surface area contributed by atoms with E-state index in [9.17, 15) is 45.6 Å². The Bertz CT molecular complexity index is 1350. The van der Waals surface area contributed by atoms with Crippen molar-refractivity contribution < 1.29 is 64.6 Å². The van der Waals surface area contributed by atoms with Crippen molar-refractivity contribution in [1.29, 1.82) is 0 Å². The second kappa shape index (κ2) is 44.3. The fourth-order valence-corrected chi connectivity index (χ4v) is 9.60. The fraction of sp³-hybridized carbons (Fsp3) is 0.879. The van der Waals surface area contributed by atoms with E-state index in [-0.39, 0.29) is 18.9 Å². The number of aliphatic hydroxyl groups excluding tert-OH is 8. The molecule has 12 atom stereocenters. The Morgan fingerprint density at radius 1 is 0.500 bits per heavy atom. The molecule has 0 radical (unpaired) electrons. The second-order valence-corrected chi connectivity index (χ2v) is 20.8. The molecular formula is C58H107NO13. The minimum Gasteiger partial charge on any atom is -0.394 e. The summed E-state index contributed by atoms with van der Waals surface area (Å²) in [6, 6.07) is -0.836. The highest BCUT2D eigenvalue weighted by Crippen LogP contribution is 2.30. The average Bonchev–Trinajstić information content (AvgIpc) is 3.38. The van der Waals surface area contributed by atoms with Gasteiger partial charge in [-0.3, -0.25) is 4.79 Å². The van der Waals surface area contributed by atoms with Crippen molar-refractivity contribution in [2.45, 2.75) is 306 Å². The zero-order valence-corrected chi connectivity index (χ0v) is 45.2. The Hall–Kier alpha value is -1.79. The molecule has 0 spiro atoms. The standard InChI is InChI=1S/C58H107NO13/c1-3-5-7-9-11-13-15-17-19-21-22-23-24-26-28-30-32-34-36-38-40-42-50(63)59-46(47(62)41-39-37-35-33-31-29-27-25-20-18-16-14-12-10-8-6-4-2)45-69-57-55(68)53(66)56(49(44-61)71-57)72-58-54(67)52(65)51(64)48(43-60)70-58/h15,17,21-22,24,26,46-49,51-58,60-62,64-68H,3-14,16,18-20,23,25,27-45H2,1-2H3,(H,59,63)/b17-15-,22-21-,26-24-. The molecule has 0 bridgehead atoms. The summed E-state index contributed by atoms with van der Waals surface area (Å²) in [7, 11) is 0. The number of hydrogen-bond donors (Lipinski definition) is 9. The molecule has 2 aliphatic rings. The number of ether oxygens (including phenoxy) is 4. The van der Waals surface area contributed by atoms with Crippen LogP contribution >= 0.6 is 0 Å². The molecule has 0 aliphatic carbocycles. The third-order valence-corrected chi connectivity index (χ3v) is 14.4. The molecule has 0 aromatic carbocycles. The third-order valence-electron chi connectivity index (χ3n) is 14.4. The van der Waals surface area contributed by atoms with Crippen LogP contribution in [0.4, 0.5) is 0 Å². The SMILES string of the molecule is CCCCCCC/C=C\C/C=C\C/C=C\CCCCCCCCC(=O)NC(COC1OC(CO)C(OC2OC(CO)C(O)C(O)C2O)C(O)C1O)C(O)CCCCCCCCCCCCCCCCCCC. The Kier molecular flexibility index (Phi) is 40.9. The van der Waals surface area contributed by atoms with Crippen LogP contribution in [-0.4, -0.2) is 140 Å². The van der Waals surface area contributed by atoms with Gasteiger partial charge in [0.1, 0.15) is 48.8 Å². The largest absolute Gasteiger partial charge is 0.394 e. The van der Waals surface area contributed by atoms with Crippen LogP contribution in [0.5, 0.6) is 0 Å². The van der Waals surface area contributed by atoms with Gasteiger partial charge in [0.25, 0.3) is 0 Å². The number of rotatable bonds is 46. The van der Waals surface area contributed by atoms with Crippen LogP contribution in [0, 0.1) is 0 Å². The zero-order chi connectivity index (χ0) is 52.4. The van der Waals surface area contributed by atoms with Crippen molar-refractivity contribution in [2.75, 3.05) is 19.8 Å². The molecule has 72 heavy (non-hydrogen) atoms. The molecule has 9 N–H and O–H groups in total. The van der Waals surface area contributed by atoms with Gasteiger partial charge in [-0.1, -0.05) is 211 Å². The van der Waals surface area contributed by atoms with Gasteiger partial charge in [-0.15, -0.1) is 0 Å². The van der Waals surface area contributed by atoms with Gasteiger partial charge in [-0.25, -0.2) is 0 Å². The summed E-state index contributed by atoms with van der Waals surface area (Å²) in [5.41, 5.74) is 0. The molecule has 2 saturated heterocycles. The van der Waals surface area contributed by atoms with Crippen molar-refractivity contribution in [2.24, 2.45) is 0 Å². The van der Waals surface area contributed by atoms with Crippen LogP contribution in [0.25, 0.3) is 0 Å². The van der Waals surface area contributed by atoms with Crippen LogP contribution < -0.4 is 5.32 Å². The predicted octanol–water partition coefficient (Wildman–Crippen LogP) is 9.44. The van der Waals surface area contributed by atoms with Gasteiger partial charge in [0, 0.05) is 6.42 Å². The smallest absolute Gasteiger partial charge is 0.220 e. The van der Waals surface area contributed by atoms with Crippen LogP contribution in [0.3, 0.4) is 0 Å². The topological polar surface area (TPSA) is 228 Å². The summed E-state index contributed by atoms with van der Waals surface area (Å²) in [6.07, 6.45) is 35.6. The molecule has 1 amide bonds.